The largest absolute Gasteiger partial charge is 0.493 e. The van der Waals surface area contributed by atoms with E-state index >= 15 is 0 Å². The lowest BCUT2D eigenvalue weighted by atomic mass is 9.95. The SMILES string of the molecule is COc1ccc(CNC(=O)c2cc(NC3CCCCC3)nc(C)n2)cc1OC. The van der Waals surface area contributed by atoms with E-state index in [1.807, 2.05) is 18.2 Å². The maximum Gasteiger partial charge on any atom is 0.270 e. The number of carbonyl (C=O) groups is 1. The number of aryl methyl sites for hydroxylation is 1. The number of carbonyl (C=O) groups excluding carboxylic acids is 1. The van der Waals surface area contributed by atoms with Crippen LogP contribution in [0.2, 0.25) is 0 Å². The van der Waals surface area contributed by atoms with Crippen LogP contribution in [-0.4, -0.2) is 36.1 Å². The highest BCUT2D eigenvalue weighted by Gasteiger charge is 2.16. The van der Waals surface area contributed by atoms with Gasteiger partial charge in [0.25, 0.3) is 5.91 Å². The topological polar surface area (TPSA) is 85.4 Å². The first-order valence-electron chi connectivity index (χ1n) is 9.70. The molecule has 1 saturated carbocycles. The van der Waals surface area contributed by atoms with E-state index in [4.69, 9.17) is 9.47 Å². The maximum atomic E-state index is 12.6. The van der Waals surface area contributed by atoms with E-state index in [0.717, 1.165) is 24.2 Å². The van der Waals surface area contributed by atoms with Gasteiger partial charge in [-0.2, -0.15) is 0 Å². The van der Waals surface area contributed by atoms with E-state index in [1.54, 1.807) is 27.2 Å². The highest BCUT2D eigenvalue weighted by atomic mass is 16.5. The first-order chi connectivity index (χ1) is 13.6. The molecule has 2 aromatic rings. The Morgan fingerprint density at radius 1 is 1.07 bits per heavy atom. The van der Waals surface area contributed by atoms with E-state index in [-0.39, 0.29) is 5.91 Å². The van der Waals surface area contributed by atoms with Crippen LogP contribution in [0.1, 0.15) is 54.0 Å². The third-order valence-electron chi connectivity index (χ3n) is 4.93. The molecule has 3 rings (SSSR count). The molecule has 7 heteroatoms. The first kappa shape index (κ1) is 19.9. The van der Waals surface area contributed by atoms with Gasteiger partial charge in [-0.15, -0.1) is 0 Å². The Morgan fingerprint density at radius 2 is 1.82 bits per heavy atom. The zero-order chi connectivity index (χ0) is 19.9. The standard InChI is InChI=1S/C21H28N4O3/c1-14-23-17(12-20(24-14)25-16-7-5-4-6-8-16)21(26)22-13-15-9-10-18(27-2)19(11-15)28-3/h9-12,16H,4-8,13H2,1-3H3,(H,22,26)(H,23,24,25). The van der Waals surface area contributed by atoms with Gasteiger partial charge in [-0.3, -0.25) is 4.79 Å². The Morgan fingerprint density at radius 3 is 2.54 bits per heavy atom. The molecule has 1 aromatic carbocycles. The van der Waals surface area contributed by atoms with Crippen LogP contribution in [0.5, 0.6) is 11.5 Å². The number of nitrogens with zero attached hydrogens (tertiary/aromatic N) is 2. The fourth-order valence-electron chi connectivity index (χ4n) is 3.48. The van der Waals surface area contributed by atoms with Crippen molar-refractivity contribution in [2.45, 2.75) is 51.6 Å². The van der Waals surface area contributed by atoms with Crippen molar-refractivity contribution in [1.29, 1.82) is 0 Å². The Bertz CT molecular complexity index is 819. The van der Waals surface area contributed by atoms with Gasteiger partial charge in [-0.1, -0.05) is 25.3 Å². The maximum absolute atomic E-state index is 12.6. The summed E-state index contributed by atoms with van der Waals surface area (Å²) >= 11 is 0. The van der Waals surface area contributed by atoms with E-state index in [2.05, 4.69) is 20.6 Å². The zero-order valence-corrected chi connectivity index (χ0v) is 16.7. The molecule has 0 unspecified atom stereocenters. The van der Waals surface area contributed by atoms with Crippen LogP contribution < -0.4 is 20.1 Å². The average molecular weight is 384 g/mol. The fourth-order valence-corrected chi connectivity index (χ4v) is 3.48. The monoisotopic (exact) mass is 384 g/mol. The van der Waals surface area contributed by atoms with E-state index in [1.165, 1.54) is 19.3 Å². The van der Waals surface area contributed by atoms with Crippen molar-refractivity contribution >= 4 is 11.7 Å². The summed E-state index contributed by atoms with van der Waals surface area (Å²) in [5, 5.41) is 6.37. The summed E-state index contributed by atoms with van der Waals surface area (Å²) in [6.07, 6.45) is 6.05. The second-order valence-corrected chi connectivity index (χ2v) is 7.04. The minimum atomic E-state index is -0.230. The van der Waals surface area contributed by atoms with Crippen molar-refractivity contribution in [2.75, 3.05) is 19.5 Å². The molecule has 1 aromatic heterocycles. The van der Waals surface area contributed by atoms with Gasteiger partial charge in [0.15, 0.2) is 11.5 Å². The fraction of sp³-hybridized carbons (Fsp3) is 0.476. The van der Waals surface area contributed by atoms with Crippen molar-refractivity contribution in [3.05, 3.63) is 41.3 Å². The molecule has 0 atom stereocenters. The van der Waals surface area contributed by atoms with E-state index < -0.39 is 0 Å². The van der Waals surface area contributed by atoms with Gasteiger partial charge in [0.1, 0.15) is 17.3 Å². The third-order valence-corrected chi connectivity index (χ3v) is 4.93. The molecule has 0 saturated heterocycles. The summed E-state index contributed by atoms with van der Waals surface area (Å²) in [6.45, 7) is 2.17. The molecule has 0 radical (unpaired) electrons. The number of rotatable bonds is 7. The van der Waals surface area contributed by atoms with Crippen molar-refractivity contribution in [3.63, 3.8) is 0 Å². The molecule has 0 spiro atoms. The zero-order valence-electron chi connectivity index (χ0n) is 16.7. The molecule has 150 valence electrons. The second kappa shape index (κ2) is 9.39. The lowest BCUT2D eigenvalue weighted by Gasteiger charge is -2.23. The van der Waals surface area contributed by atoms with Crippen LogP contribution in [0, 0.1) is 6.92 Å². The quantitative estimate of drug-likeness (QED) is 0.760. The van der Waals surface area contributed by atoms with Crippen molar-refractivity contribution in [2.24, 2.45) is 0 Å². The highest BCUT2D eigenvalue weighted by molar-refractivity contribution is 5.92. The minimum absolute atomic E-state index is 0.230. The smallest absolute Gasteiger partial charge is 0.270 e. The van der Waals surface area contributed by atoms with Gasteiger partial charge in [-0.25, -0.2) is 9.97 Å². The Labute approximate surface area is 165 Å². The minimum Gasteiger partial charge on any atom is -0.493 e. The van der Waals surface area contributed by atoms with Crippen LogP contribution in [-0.2, 0) is 6.54 Å². The lowest BCUT2D eigenvalue weighted by Crippen LogP contribution is -2.26. The Kier molecular flexibility index (Phi) is 6.68. The van der Waals surface area contributed by atoms with Crippen LogP contribution in [0.3, 0.4) is 0 Å². The molecule has 1 amide bonds. The summed E-state index contributed by atoms with van der Waals surface area (Å²) < 4.78 is 10.5. The number of anilines is 1. The lowest BCUT2D eigenvalue weighted by molar-refractivity contribution is 0.0945. The average Bonchev–Trinajstić information content (AvgIpc) is 2.72. The number of amides is 1. The molecule has 28 heavy (non-hydrogen) atoms. The number of ether oxygens (including phenoxy) is 2. The van der Waals surface area contributed by atoms with Gasteiger partial charge in [-0.05, 0) is 37.5 Å². The van der Waals surface area contributed by atoms with Gasteiger partial charge >= 0.3 is 0 Å². The number of aromatic nitrogens is 2. The number of hydrogen-bond donors (Lipinski definition) is 2. The summed E-state index contributed by atoms with van der Waals surface area (Å²) in [5.41, 5.74) is 1.28. The molecular formula is C21H28N4O3. The first-order valence-corrected chi connectivity index (χ1v) is 9.70. The highest BCUT2D eigenvalue weighted by Crippen LogP contribution is 2.27. The summed E-state index contributed by atoms with van der Waals surface area (Å²) in [6, 6.07) is 7.71. The predicted octanol–water partition coefficient (Wildman–Crippen LogP) is 3.48. The predicted molar refractivity (Wildman–Crippen MR) is 108 cm³/mol. The molecule has 1 fully saturated rings. The molecule has 1 aliphatic rings. The van der Waals surface area contributed by atoms with Crippen LogP contribution in [0.15, 0.2) is 24.3 Å². The molecule has 2 N–H and O–H groups in total. The number of benzene rings is 1. The molecule has 1 aliphatic carbocycles. The molecule has 0 aliphatic heterocycles. The van der Waals surface area contributed by atoms with Crippen molar-refractivity contribution in [1.82, 2.24) is 15.3 Å². The van der Waals surface area contributed by atoms with Gasteiger partial charge in [0.05, 0.1) is 14.2 Å². The summed E-state index contributed by atoms with van der Waals surface area (Å²) in [7, 11) is 3.18. The number of methoxy groups -OCH3 is 2. The number of hydrogen-bond acceptors (Lipinski definition) is 6. The molecule has 7 nitrogen and oxygen atoms in total. The van der Waals surface area contributed by atoms with Crippen LogP contribution in [0.25, 0.3) is 0 Å². The summed E-state index contributed by atoms with van der Waals surface area (Å²) in [5.74, 6) is 2.35. The third kappa shape index (κ3) is 5.12. The normalized spacial score (nSPS) is 14.4. The van der Waals surface area contributed by atoms with Gasteiger partial charge in [0.2, 0.25) is 0 Å². The number of nitrogens with one attached hydrogen (secondary N) is 2. The van der Waals surface area contributed by atoms with Gasteiger partial charge in [0, 0.05) is 18.7 Å². The van der Waals surface area contributed by atoms with E-state index in [9.17, 15) is 4.79 Å². The van der Waals surface area contributed by atoms with E-state index in [0.29, 0.717) is 35.6 Å². The summed E-state index contributed by atoms with van der Waals surface area (Å²) in [4.78, 5) is 21.3. The van der Waals surface area contributed by atoms with Crippen LogP contribution >= 0.6 is 0 Å². The molecule has 0 bridgehead atoms. The molecular weight excluding hydrogens is 356 g/mol. The second-order valence-electron chi connectivity index (χ2n) is 7.04. The van der Waals surface area contributed by atoms with Crippen LogP contribution in [0.4, 0.5) is 5.82 Å². The van der Waals surface area contributed by atoms with Crippen molar-refractivity contribution in [3.8, 4) is 11.5 Å². The van der Waals surface area contributed by atoms with Crippen molar-refractivity contribution < 1.29 is 14.3 Å². The Balaban J connectivity index is 1.65. The molecule has 1 heterocycles. The van der Waals surface area contributed by atoms with Gasteiger partial charge < -0.3 is 20.1 Å². The Hall–Kier alpha value is -2.83.